The van der Waals surface area contributed by atoms with Crippen LogP contribution in [0.1, 0.15) is 32.8 Å². The summed E-state index contributed by atoms with van der Waals surface area (Å²) in [5.41, 5.74) is 3.20. The Labute approximate surface area is 118 Å². The normalized spacial score (nSPS) is 19.8. The summed E-state index contributed by atoms with van der Waals surface area (Å²) in [4.78, 5) is 15.3. The number of hydrogen-bond donors (Lipinski definition) is 1. The molecule has 2 heterocycles. The minimum atomic E-state index is 0.0928. The number of aromatic amines is 1. The zero-order valence-corrected chi connectivity index (χ0v) is 12.1. The van der Waals surface area contributed by atoms with Gasteiger partial charge in [0.25, 0.3) is 0 Å². The van der Waals surface area contributed by atoms with E-state index in [1.54, 1.807) is 5.01 Å². The first-order valence-electron chi connectivity index (χ1n) is 7.05. The van der Waals surface area contributed by atoms with E-state index in [9.17, 15) is 4.79 Å². The number of amides is 1. The van der Waals surface area contributed by atoms with Crippen molar-refractivity contribution in [3.63, 3.8) is 0 Å². The van der Waals surface area contributed by atoms with Gasteiger partial charge >= 0.3 is 0 Å². The minimum absolute atomic E-state index is 0.0928. The quantitative estimate of drug-likeness (QED) is 0.894. The minimum Gasteiger partial charge on any atom is -0.360 e. The maximum absolute atomic E-state index is 12.0. The lowest BCUT2D eigenvalue weighted by molar-refractivity contribution is -0.134. The molecule has 3 rings (SSSR count). The van der Waals surface area contributed by atoms with Gasteiger partial charge in [-0.3, -0.25) is 4.79 Å². The first-order valence-corrected chi connectivity index (χ1v) is 7.05. The third-order valence-electron chi connectivity index (χ3n) is 3.77. The summed E-state index contributed by atoms with van der Waals surface area (Å²) in [6.45, 7) is 6.05. The zero-order chi connectivity index (χ0) is 14.3. The molecule has 2 aromatic rings. The fraction of sp³-hybridized carbons (Fsp3) is 0.375. The highest BCUT2D eigenvalue weighted by Gasteiger charge is 2.29. The average Bonchev–Trinajstić information content (AvgIpc) is 2.82. The molecule has 0 bridgehead atoms. The molecule has 0 saturated carbocycles. The third-order valence-corrected chi connectivity index (χ3v) is 3.77. The van der Waals surface area contributed by atoms with Crippen molar-refractivity contribution in [3.8, 4) is 0 Å². The molecule has 1 amide bonds. The largest absolute Gasteiger partial charge is 0.360 e. The van der Waals surface area contributed by atoms with E-state index in [-0.39, 0.29) is 17.9 Å². The van der Waals surface area contributed by atoms with Crippen molar-refractivity contribution in [2.75, 3.05) is 0 Å². The van der Waals surface area contributed by atoms with Crippen molar-refractivity contribution < 1.29 is 4.79 Å². The summed E-state index contributed by atoms with van der Waals surface area (Å²) in [5, 5.41) is 7.39. The number of carbonyl (C=O) groups is 1. The molecule has 1 aliphatic rings. The highest BCUT2D eigenvalue weighted by atomic mass is 16.2. The van der Waals surface area contributed by atoms with Crippen LogP contribution in [0.2, 0.25) is 0 Å². The predicted molar refractivity (Wildman–Crippen MR) is 80.6 cm³/mol. The molecule has 1 N–H and O–H groups in total. The van der Waals surface area contributed by atoms with Crippen molar-refractivity contribution >= 4 is 22.5 Å². The molecule has 20 heavy (non-hydrogen) atoms. The number of fused-ring (bicyclic) bond motifs is 1. The number of aromatic nitrogens is 1. The topological polar surface area (TPSA) is 48.5 Å². The van der Waals surface area contributed by atoms with Gasteiger partial charge in [0.2, 0.25) is 5.91 Å². The van der Waals surface area contributed by atoms with Gasteiger partial charge in [-0.05, 0) is 19.9 Å². The van der Waals surface area contributed by atoms with Gasteiger partial charge in [0.05, 0.1) is 5.71 Å². The van der Waals surface area contributed by atoms with Crippen molar-refractivity contribution in [1.29, 1.82) is 0 Å². The number of benzene rings is 1. The van der Waals surface area contributed by atoms with Gasteiger partial charge in [-0.2, -0.15) is 5.10 Å². The third kappa shape index (κ3) is 2.01. The van der Waals surface area contributed by atoms with E-state index in [1.807, 2.05) is 32.2 Å². The molecule has 1 atom stereocenters. The Morgan fingerprint density at radius 2 is 2.10 bits per heavy atom. The second-order valence-electron chi connectivity index (χ2n) is 5.67. The highest BCUT2D eigenvalue weighted by Crippen LogP contribution is 2.26. The van der Waals surface area contributed by atoms with Crippen LogP contribution in [0.25, 0.3) is 10.9 Å². The van der Waals surface area contributed by atoms with Crippen molar-refractivity contribution in [1.82, 2.24) is 9.99 Å². The van der Waals surface area contributed by atoms with Crippen LogP contribution < -0.4 is 0 Å². The molecule has 1 unspecified atom stereocenters. The Balaban J connectivity index is 2.12. The summed E-state index contributed by atoms with van der Waals surface area (Å²) in [7, 11) is 0. The fourth-order valence-corrected chi connectivity index (χ4v) is 2.73. The zero-order valence-electron chi connectivity index (χ0n) is 12.1. The number of carbonyl (C=O) groups excluding carboxylic acids is 1. The van der Waals surface area contributed by atoms with E-state index in [4.69, 9.17) is 0 Å². The predicted octanol–water partition coefficient (Wildman–Crippen LogP) is 3.15. The second-order valence-corrected chi connectivity index (χ2v) is 5.67. The molecule has 0 radical (unpaired) electrons. The van der Waals surface area contributed by atoms with Gasteiger partial charge in [-0.25, -0.2) is 5.01 Å². The summed E-state index contributed by atoms with van der Waals surface area (Å²) in [6.07, 6.45) is 2.52. The van der Waals surface area contributed by atoms with Gasteiger partial charge in [0, 0.05) is 41.0 Å². The number of hydrazone groups is 1. The molecule has 1 aromatic heterocycles. The van der Waals surface area contributed by atoms with Gasteiger partial charge in [0.1, 0.15) is 0 Å². The smallest absolute Gasteiger partial charge is 0.243 e. The number of hydrogen-bond acceptors (Lipinski definition) is 2. The maximum atomic E-state index is 12.0. The molecule has 0 aliphatic carbocycles. The molecule has 4 heteroatoms. The highest BCUT2D eigenvalue weighted by molar-refractivity contribution is 6.13. The Kier molecular flexibility index (Phi) is 3.08. The van der Waals surface area contributed by atoms with Crippen LogP contribution in [-0.2, 0) is 4.79 Å². The Hall–Kier alpha value is -2.10. The molecule has 1 aromatic carbocycles. The SMILES string of the molecule is CC1CC(=O)N(C(C)C)N=C1c1c[nH]c2ccccc12. The van der Waals surface area contributed by atoms with Gasteiger partial charge in [-0.1, -0.05) is 25.1 Å². The number of nitrogens with one attached hydrogen (secondary N) is 1. The molecular formula is C16H19N3O. The summed E-state index contributed by atoms with van der Waals surface area (Å²) in [5.74, 6) is 0.257. The second kappa shape index (κ2) is 4.78. The van der Waals surface area contributed by atoms with Gasteiger partial charge < -0.3 is 4.98 Å². The van der Waals surface area contributed by atoms with Gasteiger partial charge in [-0.15, -0.1) is 0 Å². The molecule has 0 spiro atoms. The maximum Gasteiger partial charge on any atom is 0.243 e. The molecule has 4 nitrogen and oxygen atoms in total. The monoisotopic (exact) mass is 269 g/mol. The van der Waals surface area contributed by atoms with E-state index in [2.05, 4.69) is 29.1 Å². The first kappa shape index (κ1) is 12.9. The van der Waals surface area contributed by atoms with Crippen LogP contribution in [0.15, 0.2) is 35.6 Å². The lowest BCUT2D eigenvalue weighted by Gasteiger charge is -2.30. The summed E-state index contributed by atoms with van der Waals surface area (Å²) >= 11 is 0. The molecule has 0 saturated heterocycles. The first-order chi connectivity index (χ1) is 9.58. The van der Waals surface area contributed by atoms with Crippen LogP contribution in [0, 0.1) is 5.92 Å². The van der Waals surface area contributed by atoms with Crippen LogP contribution in [0.5, 0.6) is 0 Å². The molecule has 104 valence electrons. The Morgan fingerprint density at radius 3 is 2.85 bits per heavy atom. The molecular weight excluding hydrogens is 250 g/mol. The number of para-hydroxylation sites is 1. The van der Waals surface area contributed by atoms with Crippen molar-refractivity contribution in [3.05, 3.63) is 36.0 Å². The lowest BCUT2D eigenvalue weighted by atomic mass is 9.93. The van der Waals surface area contributed by atoms with Crippen LogP contribution >= 0.6 is 0 Å². The van der Waals surface area contributed by atoms with E-state index in [0.29, 0.717) is 6.42 Å². The lowest BCUT2D eigenvalue weighted by Crippen LogP contribution is -2.40. The van der Waals surface area contributed by atoms with E-state index < -0.39 is 0 Å². The summed E-state index contributed by atoms with van der Waals surface area (Å²) < 4.78 is 0. The van der Waals surface area contributed by atoms with Crippen molar-refractivity contribution in [2.24, 2.45) is 11.0 Å². The summed E-state index contributed by atoms with van der Waals surface area (Å²) in [6, 6.07) is 8.28. The van der Waals surface area contributed by atoms with E-state index in [1.165, 1.54) is 0 Å². The van der Waals surface area contributed by atoms with E-state index >= 15 is 0 Å². The van der Waals surface area contributed by atoms with Gasteiger partial charge in [0.15, 0.2) is 0 Å². The standard InChI is InChI=1S/C16H19N3O/c1-10(2)19-15(20)8-11(3)16(18-19)13-9-17-14-7-5-4-6-12(13)14/h4-7,9-11,17H,8H2,1-3H3. The van der Waals surface area contributed by atoms with Crippen molar-refractivity contribution in [2.45, 2.75) is 33.2 Å². The van der Waals surface area contributed by atoms with Crippen LogP contribution in [-0.4, -0.2) is 27.7 Å². The number of rotatable bonds is 2. The van der Waals surface area contributed by atoms with Crippen LogP contribution in [0.4, 0.5) is 0 Å². The number of nitrogens with zero attached hydrogens (tertiary/aromatic N) is 2. The Bertz CT molecular complexity index is 684. The number of H-pyrrole nitrogens is 1. The fourth-order valence-electron chi connectivity index (χ4n) is 2.73. The molecule has 1 aliphatic heterocycles. The van der Waals surface area contributed by atoms with E-state index in [0.717, 1.165) is 22.2 Å². The Morgan fingerprint density at radius 1 is 1.35 bits per heavy atom. The molecule has 0 fully saturated rings. The van der Waals surface area contributed by atoms with Crippen LogP contribution in [0.3, 0.4) is 0 Å². The average molecular weight is 269 g/mol.